The first-order valence-corrected chi connectivity index (χ1v) is 6.45. The number of hydrogen-bond acceptors (Lipinski definition) is 6. The Hall–Kier alpha value is -3.22. The number of carboxylic acid groups (broad SMARTS) is 1. The lowest BCUT2D eigenvalue weighted by Gasteiger charge is -2.11. The number of phenolic OH excluding ortho intramolecular Hbond substituents is 2. The van der Waals surface area contributed by atoms with Gasteiger partial charge >= 0.3 is 5.97 Å². The van der Waals surface area contributed by atoms with Crippen molar-refractivity contribution in [2.24, 2.45) is 0 Å². The Morgan fingerprint density at radius 3 is 2.00 bits per heavy atom. The van der Waals surface area contributed by atoms with Crippen LogP contribution in [-0.2, 0) is 0 Å². The standard InChI is InChI=1S/C16H14O7/c1-22-8-3-4-10(12(17)6-8)15(19)14-11(16(20)21)5-9(23-2)7-13(14)18/h3-7,17-18H,1-2H3,(H,20,21). The van der Waals surface area contributed by atoms with E-state index in [2.05, 4.69) is 0 Å². The fraction of sp³-hybridized carbons (Fsp3) is 0.125. The molecule has 0 bridgehead atoms. The minimum Gasteiger partial charge on any atom is -0.507 e. The van der Waals surface area contributed by atoms with Gasteiger partial charge in [-0.1, -0.05) is 0 Å². The van der Waals surface area contributed by atoms with Crippen molar-refractivity contribution in [2.75, 3.05) is 14.2 Å². The molecule has 23 heavy (non-hydrogen) atoms. The van der Waals surface area contributed by atoms with Crippen molar-refractivity contribution in [3.63, 3.8) is 0 Å². The monoisotopic (exact) mass is 318 g/mol. The molecule has 0 aliphatic heterocycles. The molecule has 0 aliphatic carbocycles. The SMILES string of the molecule is COc1ccc(C(=O)c2c(O)cc(OC)cc2C(=O)O)c(O)c1. The number of carbonyl (C=O) groups is 2. The smallest absolute Gasteiger partial charge is 0.336 e. The van der Waals surface area contributed by atoms with E-state index in [1.54, 1.807) is 0 Å². The molecule has 0 radical (unpaired) electrons. The van der Waals surface area contributed by atoms with E-state index in [-0.39, 0.29) is 17.1 Å². The summed E-state index contributed by atoms with van der Waals surface area (Å²) in [6.45, 7) is 0. The van der Waals surface area contributed by atoms with Gasteiger partial charge < -0.3 is 24.8 Å². The van der Waals surface area contributed by atoms with Gasteiger partial charge in [-0.3, -0.25) is 4.79 Å². The van der Waals surface area contributed by atoms with E-state index in [4.69, 9.17) is 9.47 Å². The molecule has 7 nitrogen and oxygen atoms in total. The van der Waals surface area contributed by atoms with E-state index < -0.39 is 28.6 Å². The summed E-state index contributed by atoms with van der Waals surface area (Å²) in [5.74, 6) is -2.76. The molecule has 0 atom stereocenters. The van der Waals surface area contributed by atoms with Crippen LogP contribution in [0.25, 0.3) is 0 Å². The highest BCUT2D eigenvalue weighted by atomic mass is 16.5. The average Bonchev–Trinajstić information content (AvgIpc) is 2.53. The van der Waals surface area contributed by atoms with Crippen LogP contribution in [0.4, 0.5) is 0 Å². The van der Waals surface area contributed by atoms with Gasteiger partial charge in [0.1, 0.15) is 23.0 Å². The molecule has 0 spiro atoms. The number of ketones is 1. The van der Waals surface area contributed by atoms with Crippen molar-refractivity contribution < 1.29 is 34.4 Å². The topological polar surface area (TPSA) is 113 Å². The van der Waals surface area contributed by atoms with E-state index in [9.17, 15) is 24.9 Å². The van der Waals surface area contributed by atoms with Gasteiger partial charge in [-0.25, -0.2) is 4.79 Å². The van der Waals surface area contributed by atoms with Crippen LogP contribution in [0.2, 0.25) is 0 Å². The highest BCUT2D eigenvalue weighted by Gasteiger charge is 2.25. The van der Waals surface area contributed by atoms with Gasteiger partial charge in [-0.2, -0.15) is 0 Å². The summed E-state index contributed by atoms with van der Waals surface area (Å²) in [6.07, 6.45) is 0. The van der Waals surface area contributed by atoms with Crippen LogP contribution in [0.3, 0.4) is 0 Å². The summed E-state index contributed by atoms with van der Waals surface area (Å²) in [5.41, 5.74) is -1.02. The first kappa shape index (κ1) is 16.2. The van der Waals surface area contributed by atoms with Gasteiger partial charge in [-0.05, 0) is 18.2 Å². The van der Waals surface area contributed by atoms with Crippen LogP contribution in [0.15, 0.2) is 30.3 Å². The van der Waals surface area contributed by atoms with E-state index in [0.29, 0.717) is 5.75 Å². The third-order valence-electron chi connectivity index (χ3n) is 3.23. The number of aromatic hydroxyl groups is 2. The highest BCUT2D eigenvalue weighted by molar-refractivity contribution is 6.17. The molecule has 2 aromatic rings. The van der Waals surface area contributed by atoms with Gasteiger partial charge in [-0.15, -0.1) is 0 Å². The maximum absolute atomic E-state index is 12.5. The van der Waals surface area contributed by atoms with Crippen LogP contribution in [-0.4, -0.2) is 41.3 Å². The normalized spacial score (nSPS) is 10.2. The number of methoxy groups -OCH3 is 2. The number of carbonyl (C=O) groups excluding carboxylic acids is 1. The number of ether oxygens (including phenoxy) is 2. The lowest BCUT2D eigenvalue weighted by atomic mass is 9.96. The Balaban J connectivity index is 2.61. The van der Waals surface area contributed by atoms with Crippen molar-refractivity contribution in [3.05, 3.63) is 47.0 Å². The summed E-state index contributed by atoms with van der Waals surface area (Å²) in [4.78, 5) is 23.9. The second kappa shape index (κ2) is 6.27. The highest BCUT2D eigenvalue weighted by Crippen LogP contribution is 2.33. The van der Waals surface area contributed by atoms with E-state index in [1.165, 1.54) is 32.4 Å². The molecular weight excluding hydrogens is 304 g/mol. The maximum atomic E-state index is 12.5. The lowest BCUT2D eigenvalue weighted by molar-refractivity contribution is 0.0691. The summed E-state index contributed by atoms with van der Waals surface area (Å²) < 4.78 is 9.80. The molecule has 0 unspecified atom stereocenters. The van der Waals surface area contributed by atoms with Crippen molar-refractivity contribution in [1.82, 2.24) is 0 Å². The molecule has 120 valence electrons. The Morgan fingerprint density at radius 1 is 0.870 bits per heavy atom. The largest absolute Gasteiger partial charge is 0.507 e. The van der Waals surface area contributed by atoms with Crippen LogP contribution >= 0.6 is 0 Å². The van der Waals surface area contributed by atoms with Gasteiger partial charge in [0.2, 0.25) is 5.78 Å². The van der Waals surface area contributed by atoms with Gasteiger partial charge in [0.25, 0.3) is 0 Å². The molecule has 7 heteroatoms. The quantitative estimate of drug-likeness (QED) is 0.723. The predicted molar refractivity (Wildman–Crippen MR) is 79.7 cm³/mol. The first-order valence-electron chi connectivity index (χ1n) is 6.45. The number of rotatable bonds is 5. The van der Waals surface area contributed by atoms with Crippen molar-refractivity contribution in [3.8, 4) is 23.0 Å². The summed E-state index contributed by atoms with van der Waals surface area (Å²) >= 11 is 0. The molecule has 0 saturated carbocycles. The second-order valence-corrected chi connectivity index (χ2v) is 4.59. The van der Waals surface area contributed by atoms with Crippen molar-refractivity contribution in [2.45, 2.75) is 0 Å². The number of carboxylic acids is 1. The van der Waals surface area contributed by atoms with Crippen LogP contribution in [0.5, 0.6) is 23.0 Å². The molecule has 0 aromatic heterocycles. The van der Waals surface area contributed by atoms with E-state index in [1.807, 2.05) is 0 Å². The molecular formula is C16H14O7. The number of aromatic carboxylic acids is 1. The number of phenols is 2. The van der Waals surface area contributed by atoms with Crippen molar-refractivity contribution in [1.29, 1.82) is 0 Å². The fourth-order valence-corrected chi connectivity index (χ4v) is 2.09. The summed E-state index contributed by atoms with van der Waals surface area (Å²) in [7, 11) is 2.70. The fourth-order valence-electron chi connectivity index (χ4n) is 2.09. The van der Waals surface area contributed by atoms with E-state index >= 15 is 0 Å². The average molecular weight is 318 g/mol. The minimum absolute atomic E-state index is 0.0930. The zero-order valence-electron chi connectivity index (χ0n) is 12.4. The third-order valence-corrected chi connectivity index (χ3v) is 3.23. The lowest BCUT2D eigenvalue weighted by Crippen LogP contribution is -2.11. The Morgan fingerprint density at radius 2 is 1.48 bits per heavy atom. The second-order valence-electron chi connectivity index (χ2n) is 4.59. The zero-order chi connectivity index (χ0) is 17.1. The number of benzene rings is 2. The molecule has 0 saturated heterocycles. The zero-order valence-corrected chi connectivity index (χ0v) is 12.4. The third kappa shape index (κ3) is 3.03. The minimum atomic E-state index is -1.41. The number of hydrogen-bond donors (Lipinski definition) is 3. The Labute approximate surface area is 131 Å². The molecule has 2 aromatic carbocycles. The molecule has 0 amide bonds. The first-order chi connectivity index (χ1) is 10.9. The molecule has 0 heterocycles. The molecule has 2 rings (SSSR count). The Bertz CT molecular complexity index is 780. The molecule has 3 N–H and O–H groups in total. The van der Waals surface area contributed by atoms with Crippen LogP contribution in [0, 0.1) is 0 Å². The Kier molecular flexibility index (Phi) is 4.40. The molecule has 0 fully saturated rings. The molecule has 0 aliphatic rings. The van der Waals surface area contributed by atoms with Gasteiger partial charge in [0.05, 0.1) is 30.9 Å². The van der Waals surface area contributed by atoms with Crippen molar-refractivity contribution >= 4 is 11.8 Å². The van der Waals surface area contributed by atoms with E-state index in [0.717, 1.165) is 12.1 Å². The maximum Gasteiger partial charge on any atom is 0.336 e. The van der Waals surface area contributed by atoms with Crippen LogP contribution in [0.1, 0.15) is 26.3 Å². The van der Waals surface area contributed by atoms with Gasteiger partial charge in [0.15, 0.2) is 0 Å². The summed E-state index contributed by atoms with van der Waals surface area (Å²) in [6, 6.07) is 6.18. The summed E-state index contributed by atoms with van der Waals surface area (Å²) in [5, 5.41) is 29.2. The predicted octanol–water partition coefficient (Wildman–Crippen LogP) is 2.04. The van der Waals surface area contributed by atoms with Crippen LogP contribution < -0.4 is 9.47 Å². The van der Waals surface area contributed by atoms with Gasteiger partial charge in [0, 0.05) is 12.1 Å².